The lowest BCUT2D eigenvalue weighted by molar-refractivity contribution is -0.142. The molecule has 1 aliphatic carbocycles. The molecule has 1 fully saturated rings. The molecule has 1 saturated carbocycles. The van der Waals surface area contributed by atoms with E-state index in [9.17, 15) is 4.79 Å². The Kier molecular flexibility index (Phi) is 5.12. The second-order valence-corrected chi connectivity index (χ2v) is 7.33. The molecule has 3 unspecified atom stereocenters. The monoisotopic (exact) mass is 321 g/mol. The first-order valence-electron chi connectivity index (χ1n) is 6.40. The molecule has 3 nitrogen and oxygen atoms in total. The molecule has 3 atom stereocenters. The fourth-order valence-electron chi connectivity index (χ4n) is 2.69. The molecule has 106 valence electrons. The Morgan fingerprint density at radius 1 is 1.58 bits per heavy atom. The quantitative estimate of drug-likeness (QED) is 0.854. The van der Waals surface area contributed by atoms with E-state index in [-0.39, 0.29) is 17.9 Å². The van der Waals surface area contributed by atoms with Crippen molar-refractivity contribution in [2.45, 2.75) is 32.2 Å². The summed E-state index contributed by atoms with van der Waals surface area (Å²) in [6.07, 6.45) is 2.78. The smallest absolute Gasteiger partial charge is 0.306 e. The maximum Gasteiger partial charge on any atom is 0.306 e. The summed E-state index contributed by atoms with van der Waals surface area (Å²) in [5.74, 6) is -0.664. The Hall–Kier alpha value is -0.290. The summed E-state index contributed by atoms with van der Waals surface area (Å²) in [6, 6.07) is 1.96. The van der Waals surface area contributed by atoms with Crippen LogP contribution in [0.5, 0.6) is 0 Å². The molecule has 0 bridgehead atoms. The summed E-state index contributed by atoms with van der Waals surface area (Å²) in [6.45, 7) is 2.73. The average Bonchev–Trinajstić information content (AvgIpc) is 2.92. The highest BCUT2D eigenvalue weighted by Crippen LogP contribution is 2.36. The minimum Gasteiger partial charge on any atom is -0.481 e. The molecule has 6 heteroatoms. The highest BCUT2D eigenvalue weighted by Gasteiger charge is 2.32. The van der Waals surface area contributed by atoms with Crippen LogP contribution in [0.25, 0.3) is 0 Å². The summed E-state index contributed by atoms with van der Waals surface area (Å²) in [7, 11) is 0. The van der Waals surface area contributed by atoms with Crippen molar-refractivity contribution in [1.29, 1.82) is 0 Å². The van der Waals surface area contributed by atoms with Crippen LogP contribution in [0.15, 0.2) is 6.07 Å². The molecule has 1 aromatic rings. The third-order valence-electron chi connectivity index (χ3n) is 3.81. The predicted molar refractivity (Wildman–Crippen MR) is 79.2 cm³/mol. The number of hydrogen-bond donors (Lipinski definition) is 2. The van der Waals surface area contributed by atoms with Crippen molar-refractivity contribution in [3.63, 3.8) is 0 Å². The van der Waals surface area contributed by atoms with Crippen molar-refractivity contribution in [2.75, 3.05) is 6.54 Å². The average molecular weight is 322 g/mol. The molecular weight excluding hydrogens is 305 g/mol. The maximum atomic E-state index is 11.1. The molecule has 0 spiro atoms. The first-order chi connectivity index (χ1) is 8.99. The van der Waals surface area contributed by atoms with E-state index in [1.54, 1.807) is 0 Å². The van der Waals surface area contributed by atoms with E-state index in [4.69, 9.17) is 28.3 Å². The third kappa shape index (κ3) is 3.63. The van der Waals surface area contributed by atoms with Crippen LogP contribution in [0.4, 0.5) is 0 Å². The number of rotatable bonds is 5. The van der Waals surface area contributed by atoms with Crippen molar-refractivity contribution >= 4 is 40.5 Å². The standard InChI is InChI=1S/C13H17Cl2NO2S/c1-7(10-5-11(14)19-12(10)15)16-6-8-3-2-4-9(8)13(17)18/h5,7-9,16H,2-4,6H2,1H3,(H,17,18). The second kappa shape index (κ2) is 6.44. The Bertz CT molecular complexity index is 463. The highest BCUT2D eigenvalue weighted by molar-refractivity contribution is 7.20. The molecule has 0 aromatic carbocycles. The summed E-state index contributed by atoms with van der Waals surface area (Å²) in [5.41, 5.74) is 0.988. The van der Waals surface area contributed by atoms with Crippen molar-refractivity contribution in [3.8, 4) is 0 Å². The largest absolute Gasteiger partial charge is 0.481 e. The number of carboxylic acid groups (broad SMARTS) is 1. The summed E-state index contributed by atoms with van der Waals surface area (Å²) < 4.78 is 1.38. The van der Waals surface area contributed by atoms with Crippen LogP contribution in [-0.4, -0.2) is 17.6 Å². The van der Waals surface area contributed by atoms with Crippen molar-refractivity contribution in [2.24, 2.45) is 11.8 Å². The number of aliphatic carboxylic acids is 1. The van der Waals surface area contributed by atoms with Crippen molar-refractivity contribution in [1.82, 2.24) is 5.32 Å². The van der Waals surface area contributed by atoms with Gasteiger partial charge < -0.3 is 10.4 Å². The summed E-state index contributed by atoms with van der Waals surface area (Å²) in [4.78, 5) is 11.1. The lowest BCUT2D eigenvalue weighted by Gasteiger charge is -2.20. The van der Waals surface area contributed by atoms with Gasteiger partial charge in [0.05, 0.1) is 14.6 Å². The third-order valence-corrected chi connectivity index (χ3v) is 5.33. The molecule has 1 aliphatic rings. The number of thiophene rings is 1. The molecule has 0 amide bonds. The van der Waals surface area contributed by atoms with Crippen LogP contribution in [0.2, 0.25) is 8.67 Å². The molecule has 19 heavy (non-hydrogen) atoms. The molecule has 2 rings (SSSR count). The first-order valence-corrected chi connectivity index (χ1v) is 7.97. The van der Waals surface area contributed by atoms with Crippen molar-refractivity contribution in [3.05, 3.63) is 20.3 Å². The van der Waals surface area contributed by atoms with E-state index in [0.717, 1.165) is 24.8 Å². The number of hydrogen-bond acceptors (Lipinski definition) is 3. The molecule has 0 aliphatic heterocycles. The molecule has 0 radical (unpaired) electrons. The van der Waals surface area contributed by atoms with Gasteiger partial charge in [0.2, 0.25) is 0 Å². The maximum absolute atomic E-state index is 11.1. The van der Waals surface area contributed by atoms with E-state index < -0.39 is 5.97 Å². The molecule has 1 heterocycles. The molecular formula is C13H17Cl2NO2S. The lowest BCUT2D eigenvalue weighted by atomic mass is 9.96. The van der Waals surface area contributed by atoms with Gasteiger partial charge in [0.25, 0.3) is 0 Å². The Labute approximate surface area is 126 Å². The van der Waals surface area contributed by atoms with Gasteiger partial charge in [0.1, 0.15) is 0 Å². The number of nitrogens with one attached hydrogen (secondary N) is 1. The van der Waals surface area contributed by atoms with Gasteiger partial charge in [-0.3, -0.25) is 4.79 Å². The second-order valence-electron chi connectivity index (χ2n) is 5.05. The van der Waals surface area contributed by atoms with Gasteiger partial charge in [0.15, 0.2) is 0 Å². The van der Waals surface area contributed by atoms with E-state index >= 15 is 0 Å². The minimum atomic E-state index is -0.673. The van der Waals surface area contributed by atoms with Gasteiger partial charge in [-0.25, -0.2) is 0 Å². The van der Waals surface area contributed by atoms with Gasteiger partial charge in [-0.05, 0) is 43.9 Å². The van der Waals surface area contributed by atoms with Gasteiger partial charge in [0, 0.05) is 6.04 Å². The van der Waals surface area contributed by atoms with Gasteiger partial charge in [-0.2, -0.15) is 0 Å². The van der Waals surface area contributed by atoms with E-state index in [2.05, 4.69) is 5.32 Å². The number of carboxylic acids is 1. The summed E-state index contributed by atoms with van der Waals surface area (Å²) >= 11 is 13.4. The van der Waals surface area contributed by atoms with Crippen LogP contribution in [-0.2, 0) is 4.79 Å². The SMILES string of the molecule is CC(NCC1CCCC1C(=O)O)c1cc(Cl)sc1Cl. The Balaban J connectivity index is 1.91. The van der Waals surface area contributed by atoms with Crippen LogP contribution >= 0.6 is 34.5 Å². The van der Waals surface area contributed by atoms with Gasteiger partial charge >= 0.3 is 5.97 Å². The normalized spacial score (nSPS) is 24.6. The van der Waals surface area contributed by atoms with E-state index in [1.807, 2.05) is 13.0 Å². The highest BCUT2D eigenvalue weighted by atomic mass is 35.5. The topological polar surface area (TPSA) is 49.3 Å². The van der Waals surface area contributed by atoms with Crippen LogP contribution in [0.1, 0.15) is 37.8 Å². The first kappa shape index (κ1) is 15.1. The van der Waals surface area contributed by atoms with Crippen LogP contribution in [0.3, 0.4) is 0 Å². The predicted octanol–water partition coefficient (Wildman–Crippen LogP) is 4.21. The van der Waals surface area contributed by atoms with E-state index in [1.165, 1.54) is 11.3 Å². The lowest BCUT2D eigenvalue weighted by Crippen LogP contribution is -2.30. The zero-order valence-corrected chi connectivity index (χ0v) is 13.0. The fraction of sp³-hybridized carbons (Fsp3) is 0.615. The molecule has 2 N–H and O–H groups in total. The minimum absolute atomic E-state index is 0.0892. The van der Waals surface area contributed by atoms with Gasteiger partial charge in [-0.15, -0.1) is 11.3 Å². The molecule has 1 aromatic heterocycles. The Morgan fingerprint density at radius 2 is 2.32 bits per heavy atom. The fourth-order valence-corrected chi connectivity index (χ4v) is 4.34. The summed E-state index contributed by atoms with van der Waals surface area (Å²) in [5, 5.41) is 12.5. The molecule has 0 saturated heterocycles. The number of halogens is 2. The van der Waals surface area contributed by atoms with E-state index in [0.29, 0.717) is 15.2 Å². The van der Waals surface area contributed by atoms with Crippen LogP contribution in [0, 0.1) is 11.8 Å². The van der Waals surface area contributed by atoms with Crippen LogP contribution < -0.4 is 5.32 Å². The Morgan fingerprint density at radius 3 is 2.89 bits per heavy atom. The van der Waals surface area contributed by atoms with Gasteiger partial charge in [-0.1, -0.05) is 29.6 Å². The number of carbonyl (C=O) groups is 1. The zero-order chi connectivity index (χ0) is 14.0. The van der Waals surface area contributed by atoms with Crippen molar-refractivity contribution < 1.29 is 9.90 Å². The zero-order valence-electron chi connectivity index (χ0n) is 10.7.